The lowest BCUT2D eigenvalue weighted by Crippen LogP contribution is -2.23. The molecule has 0 aliphatic rings. The van der Waals surface area contributed by atoms with Gasteiger partial charge in [-0.1, -0.05) is 13.0 Å². The van der Waals surface area contributed by atoms with Crippen molar-refractivity contribution in [1.82, 2.24) is 5.32 Å². The molecule has 0 spiro atoms. The van der Waals surface area contributed by atoms with Crippen molar-refractivity contribution in [2.75, 3.05) is 31.6 Å². The van der Waals surface area contributed by atoms with Crippen LogP contribution in [0.25, 0.3) is 0 Å². The maximum absolute atomic E-state index is 13.9. The molecule has 96 valence electrons. The van der Waals surface area contributed by atoms with E-state index in [4.69, 9.17) is 5.11 Å². The summed E-state index contributed by atoms with van der Waals surface area (Å²) in [7, 11) is 1.77. The van der Waals surface area contributed by atoms with Crippen molar-refractivity contribution < 1.29 is 9.50 Å². The van der Waals surface area contributed by atoms with Crippen molar-refractivity contribution in [3.8, 4) is 0 Å². The summed E-state index contributed by atoms with van der Waals surface area (Å²) in [4.78, 5) is 1.71. The molecule has 1 aromatic carbocycles. The van der Waals surface area contributed by atoms with Gasteiger partial charge in [0, 0.05) is 19.6 Å². The van der Waals surface area contributed by atoms with E-state index in [1.54, 1.807) is 24.1 Å². The van der Waals surface area contributed by atoms with Crippen LogP contribution >= 0.6 is 0 Å². The van der Waals surface area contributed by atoms with E-state index in [1.165, 1.54) is 0 Å². The Morgan fingerprint density at radius 2 is 2.18 bits per heavy atom. The zero-order valence-electron chi connectivity index (χ0n) is 10.7. The average Bonchev–Trinajstić information content (AvgIpc) is 2.29. The highest BCUT2D eigenvalue weighted by molar-refractivity contribution is 5.48. The molecule has 1 rings (SSSR count). The summed E-state index contributed by atoms with van der Waals surface area (Å²) >= 11 is 0. The zero-order valence-corrected chi connectivity index (χ0v) is 10.7. The van der Waals surface area contributed by atoms with Crippen molar-refractivity contribution in [2.45, 2.75) is 19.9 Å². The van der Waals surface area contributed by atoms with Gasteiger partial charge in [0.1, 0.15) is 5.82 Å². The van der Waals surface area contributed by atoms with Crippen LogP contribution in [0.1, 0.15) is 25.5 Å². The normalized spacial score (nSPS) is 12.5. The van der Waals surface area contributed by atoms with Crippen LogP contribution in [0.2, 0.25) is 0 Å². The van der Waals surface area contributed by atoms with E-state index in [0.717, 1.165) is 12.1 Å². The summed E-state index contributed by atoms with van der Waals surface area (Å²) in [5.41, 5.74) is 1.46. The lowest BCUT2D eigenvalue weighted by Gasteiger charge is -2.20. The molecule has 0 heterocycles. The molecule has 0 aromatic heterocycles. The van der Waals surface area contributed by atoms with Crippen LogP contribution < -0.4 is 10.2 Å². The van der Waals surface area contributed by atoms with Crippen LogP contribution in [-0.4, -0.2) is 31.9 Å². The third kappa shape index (κ3) is 3.68. The van der Waals surface area contributed by atoms with Crippen LogP contribution in [-0.2, 0) is 0 Å². The van der Waals surface area contributed by atoms with Crippen LogP contribution in [0.4, 0.5) is 10.1 Å². The lowest BCUT2D eigenvalue weighted by atomic mass is 10.1. The fourth-order valence-corrected chi connectivity index (χ4v) is 1.80. The molecule has 17 heavy (non-hydrogen) atoms. The number of aliphatic hydroxyl groups excluding tert-OH is 1. The molecule has 0 bridgehead atoms. The van der Waals surface area contributed by atoms with Crippen LogP contribution in [0.5, 0.6) is 0 Å². The Labute approximate surface area is 102 Å². The molecular weight excluding hydrogens is 219 g/mol. The molecule has 0 saturated carbocycles. The monoisotopic (exact) mass is 240 g/mol. The quantitative estimate of drug-likeness (QED) is 0.797. The number of likely N-dealkylation sites (N-methyl/N-ethyl adjacent to an activating group) is 1. The van der Waals surface area contributed by atoms with Gasteiger partial charge >= 0.3 is 0 Å². The van der Waals surface area contributed by atoms with Gasteiger partial charge in [0.15, 0.2) is 0 Å². The molecule has 0 radical (unpaired) electrons. The summed E-state index contributed by atoms with van der Waals surface area (Å²) in [5, 5.41) is 12.1. The standard InChI is InChI=1S/C13H21FN2O/c1-4-15-10(2)11-5-6-13(12(14)9-11)16(3)7-8-17/h5-6,9-10,15,17H,4,7-8H2,1-3H3. The molecule has 0 amide bonds. The van der Waals surface area contributed by atoms with Gasteiger partial charge in [0.05, 0.1) is 12.3 Å². The highest BCUT2D eigenvalue weighted by Gasteiger charge is 2.10. The first kappa shape index (κ1) is 13.9. The lowest BCUT2D eigenvalue weighted by molar-refractivity contribution is 0.304. The number of benzene rings is 1. The predicted octanol–water partition coefficient (Wildman–Crippen LogP) is 1.92. The molecule has 1 unspecified atom stereocenters. The Kier molecular flexibility index (Phi) is 5.38. The van der Waals surface area contributed by atoms with Crippen molar-refractivity contribution >= 4 is 5.69 Å². The largest absolute Gasteiger partial charge is 0.395 e. The summed E-state index contributed by atoms with van der Waals surface area (Å²) in [6.45, 7) is 5.34. The average molecular weight is 240 g/mol. The summed E-state index contributed by atoms with van der Waals surface area (Å²) < 4.78 is 13.9. The SMILES string of the molecule is CCNC(C)c1ccc(N(C)CCO)c(F)c1. The third-order valence-corrected chi connectivity index (χ3v) is 2.83. The van der Waals surface area contributed by atoms with E-state index in [1.807, 2.05) is 19.9 Å². The molecule has 4 heteroatoms. The number of hydrogen-bond donors (Lipinski definition) is 2. The second kappa shape index (κ2) is 6.57. The first-order valence-corrected chi connectivity index (χ1v) is 5.95. The first-order chi connectivity index (χ1) is 8.10. The molecule has 0 aliphatic carbocycles. The van der Waals surface area contributed by atoms with Gasteiger partial charge in [-0.2, -0.15) is 0 Å². The fraction of sp³-hybridized carbons (Fsp3) is 0.538. The highest BCUT2D eigenvalue weighted by Crippen LogP contribution is 2.22. The van der Waals surface area contributed by atoms with Gasteiger partial charge in [-0.05, 0) is 31.2 Å². The molecule has 0 aliphatic heterocycles. The van der Waals surface area contributed by atoms with E-state index in [0.29, 0.717) is 12.2 Å². The maximum Gasteiger partial charge on any atom is 0.146 e. The summed E-state index contributed by atoms with van der Waals surface area (Å²) in [6, 6.07) is 5.37. The maximum atomic E-state index is 13.9. The number of nitrogens with one attached hydrogen (secondary N) is 1. The smallest absolute Gasteiger partial charge is 0.146 e. The highest BCUT2D eigenvalue weighted by atomic mass is 19.1. The van der Waals surface area contributed by atoms with Crippen molar-refractivity contribution in [3.05, 3.63) is 29.6 Å². The molecule has 1 atom stereocenters. The van der Waals surface area contributed by atoms with Crippen LogP contribution in [0.3, 0.4) is 0 Å². The zero-order chi connectivity index (χ0) is 12.8. The molecule has 1 aromatic rings. The van der Waals surface area contributed by atoms with Crippen molar-refractivity contribution in [1.29, 1.82) is 0 Å². The third-order valence-electron chi connectivity index (χ3n) is 2.83. The topological polar surface area (TPSA) is 35.5 Å². The van der Waals surface area contributed by atoms with Gasteiger partial charge in [-0.25, -0.2) is 4.39 Å². The van der Waals surface area contributed by atoms with E-state index in [9.17, 15) is 4.39 Å². The van der Waals surface area contributed by atoms with E-state index in [2.05, 4.69) is 5.32 Å². The van der Waals surface area contributed by atoms with E-state index >= 15 is 0 Å². The van der Waals surface area contributed by atoms with Crippen LogP contribution in [0.15, 0.2) is 18.2 Å². The molecule has 3 nitrogen and oxygen atoms in total. The number of rotatable bonds is 6. The van der Waals surface area contributed by atoms with E-state index in [-0.39, 0.29) is 18.5 Å². The van der Waals surface area contributed by atoms with Crippen molar-refractivity contribution in [3.63, 3.8) is 0 Å². The number of aliphatic hydroxyl groups is 1. The Balaban J connectivity index is 2.85. The van der Waals surface area contributed by atoms with Crippen molar-refractivity contribution in [2.24, 2.45) is 0 Å². The molecular formula is C13H21FN2O. The summed E-state index contributed by atoms with van der Waals surface area (Å²) in [5.74, 6) is -0.247. The second-order valence-electron chi connectivity index (χ2n) is 4.14. The summed E-state index contributed by atoms with van der Waals surface area (Å²) in [6.07, 6.45) is 0. The number of hydrogen-bond acceptors (Lipinski definition) is 3. The van der Waals surface area contributed by atoms with Gasteiger partial charge in [0.25, 0.3) is 0 Å². The Hall–Kier alpha value is -1.13. The van der Waals surface area contributed by atoms with E-state index < -0.39 is 0 Å². The fourth-order valence-electron chi connectivity index (χ4n) is 1.80. The first-order valence-electron chi connectivity index (χ1n) is 5.95. The van der Waals surface area contributed by atoms with Gasteiger partial charge in [0.2, 0.25) is 0 Å². The molecule has 0 saturated heterocycles. The molecule has 2 N–H and O–H groups in total. The van der Waals surface area contributed by atoms with Gasteiger partial charge in [-0.3, -0.25) is 0 Å². The van der Waals surface area contributed by atoms with Gasteiger partial charge in [-0.15, -0.1) is 0 Å². The molecule has 0 fully saturated rings. The minimum Gasteiger partial charge on any atom is -0.395 e. The number of halogens is 1. The Bertz CT molecular complexity index is 357. The minimum atomic E-state index is -0.247. The Morgan fingerprint density at radius 3 is 2.71 bits per heavy atom. The second-order valence-corrected chi connectivity index (χ2v) is 4.14. The number of nitrogens with zero attached hydrogens (tertiary/aromatic N) is 1. The van der Waals surface area contributed by atoms with Crippen LogP contribution in [0, 0.1) is 5.82 Å². The predicted molar refractivity (Wildman–Crippen MR) is 68.8 cm³/mol. The number of anilines is 1. The van der Waals surface area contributed by atoms with Gasteiger partial charge < -0.3 is 15.3 Å². The Morgan fingerprint density at radius 1 is 1.47 bits per heavy atom. The minimum absolute atomic E-state index is 0.0193.